The lowest BCUT2D eigenvalue weighted by Gasteiger charge is -2.38. The number of anilines is 1. The number of imide groups is 1. The van der Waals surface area contributed by atoms with Crippen molar-refractivity contribution in [1.29, 1.82) is 0 Å². The number of sulfone groups is 1. The molecule has 0 radical (unpaired) electrons. The molecule has 3 heterocycles. The number of pyridine rings is 1. The van der Waals surface area contributed by atoms with E-state index in [4.69, 9.17) is 11.6 Å². The molecule has 1 spiro atoms. The van der Waals surface area contributed by atoms with E-state index < -0.39 is 15.3 Å². The molecule has 5 rings (SSSR count). The highest BCUT2D eigenvalue weighted by Crippen LogP contribution is 2.43. The molecule has 0 N–H and O–H groups in total. The first-order valence-electron chi connectivity index (χ1n) is 11.6. The maximum absolute atomic E-state index is 13.3. The van der Waals surface area contributed by atoms with Crippen molar-refractivity contribution in [1.82, 2.24) is 9.88 Å². The smallest absolute Gasteiger partial charge is 0.236 e. The summed E-state index contributed by atoms with van der Waals surface area (Å²) in [4.78, 5) is 33.9. The van der Waals surface area contributed by atoms with Crippen LogP contribution in [-0.2, 0) is 19.4 Å². The number of piperidine rings is 1. The van der Waals surface area contributed by atoms with E-state index in [0.29, 0.717) is 31.0 Å². The van der Waals surface area contributed by atoms with Gasteiger partial charge in [-0.2, -0.15) is 0 Å². The van der Waals surface area contributed by atoms with Crippen molar-refractivity contribution in [3.8, 4) is 0 Å². The van der Waals surface area contributed by atoms with Gasteiger partial charge in [-0.05, 0) is 66.9 Å². The minimum atomic E-state index is -3.68. The highest BCUT2D eigenvalue weighted by atomic mass is 35.5. The number of aromatic nitrogens is 1. The van der Waals surface area contributed by atoms with Gasteiger partial charge in [-0.1, -0.05) is 23.7 Å². The third kappa shape index (κ3) is 4.52. The molecule has 2 aliphatic rings. The summed E-state index contributed by atoms with van der Waals surface area (Å²) in [5, 5.41) is 2.19. The Morgan fingerprint density at radius 1 is 1.00 bits per heavy atom. The molecule has 0 saturated carbocycles. The fraction of sp³-hybridized carbons (Fsp3) is 0.346. The van der Waals surface area contributed by atoms with E-state index in [2.05, 4.69) is 9.88 Å². The van der Waals surface area contributed by atoms with Crippen LogP contribution in [0.25, 0.3) is 10.8 Å². The van der Waals surface area contributed by atoms with Gasteiger partial charge >= 0.3 is 0 Å². The van der Waals surface area contributed by atoms with Gasteiger partial charge in [0.05, 0.1) is 16.1 Å². The number of fused-ring (bicyclic) bond motifs is 1. The minimum Gasteiger partial charge on any atom is -0.371 e. The zero-order valence-corrected chi connectivity index (χ0v) is 21.0. The number of hydrogen-bond donors (Lipinski definition) is 0. The molecular weight excluding hydrogens is 486 g/mol. The van der Waals surface area contributed by atoms with Gasteiger partial charge in [0, 0.05) is 48.7 Å². The lowest BCUT2D eigenvalue weighted by molar-refractivity contribution is -0.141. The molecule has 0 bridgehead atoms. The molecule has 7 nitrogen and oxygen atoms in total. The van der Waals surface area contributed by atoms with Crippen molar-refractivity contribution in [3.05, 3.63) is 65.4 Å². The van der Waals surface area contributed by atoms with Gasteiger partial charge in [-0.3, -0.25) is 19.5 Å². The van der Waals surface area contributed by atoms with E-state index >= 15 is 0 Å². The Labute approximate surface area is 209 Å². The minimum absolute atomic E-state index is 0.131. The van der Waals surface area contributed by atoms with Crippen LogP contribution in [0, 0.1) is 12.3 Å². The van der Waals surface area contributed by atoms with Gasteiger partial charge in [0.2, 0.25) is 11.8 Å². The summed E-state index contributed by atoms with van der Waals surface area (Å²) in [6.45, 7) is 3.13. The van der Waals surface area contributed by atoms with Crippen LogP contribution in [0.5, 0.6) is 0 Å². The number of nitrogens with zero attached hydrogens (tertiary/aromatic N) is 3. The van der Waals surface area contributed by atoms with E-state index in [1.54, 1.807) is 42.6 Å². The number of carbonyl (C=O) groups excluding carboxylic acids is 2. The Hall–Kier alpha value is -2.97. The molecule has 2 aromatic carbocycles. The Bertz CT molecular complexity index is 1430. The first kappa shape index (κ1) is 23.8. The average molecular weight is 512 g/mol. The SMILES string of the molecule is Cc1cc(N2CCC3(CC2)CC(=O)N(CCS(=O)(=O)c2ccc4cc(Cl)ccc4c2)C3=O)ccn1. The van der Waals surface area contributed by atoms with E-state index in [9.17, 15) is 18.0 Å². The Morgan fingerprint density at radius 2 is 1.71 bits per heavy atom. The number of carbonyl (C=O) groups is 2. The third-order valence-electron chi connectivity index (χ3n) is 7.17. The summed E-state index contributed by atoms with van der Waals surface area (Å²) < 4.78 is 26.0. The Morgan fingerprint density at radius 3 is 2.46 bits per heavy atom. The van der Waals surface area contributed by atoms with Gasteiger partial charge in [-0.15, -0.1) is 0 Å². The standard InChI is InChI=1S/C26H26ClN3O4S/c1-18-14-22(6-9-28-18)29-10-7-26(8-11-29)17-24(31)30(25(26)32)12-13-35(33,34)23-5-3-19-15-21(27)4-2-20(19)16-23/h2-6,9,14-16H,7-8,10-13,17H2,1H3. The number of halogens is 1. The molecule has 0 aliphatic carbocycles. The molecule has 2 amide bonds. The number of hydrogen-bond acceptors (Lipinski definition) is 6. The topological polar surface area (TPSA) is 87.7 Å². The summed E-state index contributed by atoms with van der Waals surface area (Å²) in [5.41, 5.74) is 1.25. The monoisotopic (exact) mass is 511 g/mol. The first-order chi connectivity index (χ1) is 16.7. The van der Waals surface area contributed by atoms with Gasteiger partial charge in [0.1, 0.15) is 0 Å². The van der Waals surface area contributed by atoms with Crippen molar-refractivity contribution < 1.29 is 18.0 Å². The van der Waals surface area contributed by atoms with Crippen LogP contribution in [-0.4, -0.2) is 55.5 Å². The molecular formula is C26H26ClN3O4S. The van der Waals surface area contributed by atoms with Gasteiger partial charge < -0.3 is 4.90 Å². The highest BCUT2D eigenvalue weighted by molar-refractivity contribution is 7.91. The van der Waals surface area contributed by atoms with Crippen LogP contribution < -0.4 is 4.90 Å². The lowest BCUT2D eigenvalue weighted by atomic mass is 9.77. The van der Waals surface area contributed by atoms with Crippen molar-refractivity contribution >= 4 is 49.7 Å². The summed E-state index contributed by atoms with van der Waals surface area (Å²) in [7, 11) is -3.68. The molecule has 9 heteroatoms. The van der Waals surface area contributed by atoms with Crippen molar-refractivity contribution in [2.24, 2.45) is 5.41 Å². The second kappa shape index (κ2) is 8.91. The van der Waals surface area contributed by atoms with Crippen LogP contribution in [0.3, 0.4) is 0 Å². The van der Waals surface area contributed by atoms with E-state index in [1.165, 1.54) is 0 Å². The molecule has 1 aromatic heterocycles. The number of likely N-dealkylation sites (tertiary alicyclic amines) is 1. The van der Waals surface area contributed by atoms with Crippen LogP contribution in [0.2, 0.25) is 5.02 Å². The van der Waals surface area contributed by atoms with Crippen LogP contribution in [0.4, 0.5) is 5.69 Å². The molecule has 0 atom stereocenters. The number of aryl methyl sites for hydroxylation is 1. The second-order valence-electron chi connectivity index (χ2n) is 9.42. The average Bonchev–Trinajstić information content (AvgIpc) is 3.06. The fourth-order valence-corrected chi connectivity index (χ4v) is 6.54. The van der Waals surface area contributed by atoms with Gasteiger partial charge in [-0.25, -0.2) is 8.42 Å². The normalized spacial score (nSPS) is 18.1. The third-order valence-corrected chi connectivity index (χ3v) is 9.10. The van der Waals surface area contributed by atoms with Gasteiger partial charge in [0.25, 0.3) is 0 Å². The quantitative estimate of drug-likeness (QED) is 0.481. The summed E-state index contributed by atoms with van der Waals surface area (Å²) >= 11 is 6.01. The van der Waals surface area contributed by atoms with Crippen LogP contribution in [0.15, 0.2) is 59.6 Å². The van der Waals surface area contributed by atoms with E-state index in [0.717, 1.165) is 27.1 Å². The van der Waals surface area contributed by atoms with Crippen LogP contribution in [0.1, 0.15) is 25.0 Å². The predicted molar refractivity (Wildman–Crippen MR) is 135 cm³/mol. The molecule has 182 valence electrons. The first-order valence-corrected chi connectivity index (χ1v) is 13.6. The van der Waals surface area contributed by atoms with E-state index in [1.807, 2.05) is 19.1 Å². The Balaban J connectivity index is 1.26. The predicted octanol–water partition coefficient (Wildman–Crippen LogP) is 4.02. The highest BCUT2D eigenvalue weighted by Gasteiger charge is 2.52. The largest absolute Gasteiger partial charge is 0.371 e. The molecule has 3 aromatic rings. The molecule has 35 heavy (non-hydrogen) atoms. The van der Waals surface area contributed by atoms with E-state index in [-0.39, 0.29) is 35.4 Å². The molecule has 0 unspecified atom stereocenters. The zero-order valence-electron chi connectivity index (χ0n) is 19.4. The molecule has 2 fully saturated rings. The molecule has 2 aliphatic heterocycles. The number of benzene rings is 2. The number of rotatable bonds is 5. The fourth-order valence-electron chi connectivity index (χ4n) is 5.11. The maximum atomic E-state index is 13.3. The van der Waals surface area contributed by atoms with Gasteiger partial charge in [0.15, 0.2) is 9.84 Å². The summed E-state index contributed by atoms with van der Waals surface area (Å²) in [5.74, 6) is -0.829. The van der Waals surface area contributed by atoms with Crippen molar-refractivity contribution in [2.45, 2.75) is 31.1 Å². The summed E-state index contributed by atoms with van der Waals surface area (Å²) in [6.07, 6.45) is 3.04. The van der Waals surface area contributed by atoms with Crippen molar-refractivity contribution in [3.63, 3.8) is 0 Å². The summed E-state index contributed by atoms with van der Waals surface area (Å²) in [6, 6.07) is 14.1. The van der Waals surface area contributed by atoms with Crippen molar-refractivity contribution in [2.75, 3.05) is 30.3 Å². The lowest BCUT2D eigenvalue weighted by Crippen LogP contribution is -2.45. The van der Waals surface area contributed by atoms with Crippen LogP contribution >= 0.6 is 11.6 Å². The number of amides is 2. The second-order valence-corrected chi connectivity index (χ2v) is 12.0. The Kier molecular flexibility index (Phi) is 6.05. The maximum Gasteiger partial charge on any atom is 0.236 e. The molecule has 2 saturated heterocycles. The zero-order chi connectivity index (χ0) is 24.8.